The number of nitrogens with zero attached hydrogens (tertiary/aromatic N) is 1. The Morgan fingerprint density at radius 1 is 1.47 bits per heavy atom. The molecule has 2 atom stereocenters. The molecule has 0 spiro atoms. The number of carboxylic acid groups (broad SMARTS) is 1. The summed E-state index contributed by atoms with van der Waals surface area (Å²) in [5.41, 5.74) is 0.805. The highest BCUT2D eigenvalue weighted by molar-refractivity contribution is 5.80. The lowest BCUT2D eigenvalue weighted by atomic mass is 9.99. The van der Waals surface area contributed by atoms with Gasteiger partial charge in [0.25, 0.3) is 0 Å². The molecule has 1 N–H and O–H groups in total. The monoisotopic (exact) mass is 265 g/mol. The molecule has 1 aromatic carbocycles. The number of carbonyl (C=O) groups is 2. The van der Waals surface area contributed by atoms with Gasteiger partial charge in [0.2, 0.25) is 5.91 Å². The van der Waals surface area contributed by atoms with E-state index in [1.54, 1.807) is 24.0 Å². The average Bonchev–Trinajstić information content (AvgIpc) is 2.73. The lowest BCUT2D eigenvalue weighted by Gasteiger charge is -2.27. The van der Waals surface area contributed by atoms with Crippen molar-refractivity contribution in [2.75, 3.05) is 0 Å². The third-order valence-electron chi connectivity index (χ3n) is 3.61. The third kappa shape index (κ3) is 2.92. The normalized spacial score (nSPS) is 20.6. The maximum absolute atomic E-state index is 12.8. The summed E-state index contributed by atoms with van der Waals surface area (Å²) in [5.74, 6) is -1.86. The van der Waals surface area contributed by atoms with E-state index in [2.05, 4.69) is 0 Å². The van der Waals surface area contributed by atoms with Crippen molar-refractivity contribution in [3.8, 4) is 0 Å². The zero-order valence-corrected chi connectivity index (χ0v) is 10.7. The highest BCUT2D eigenvalue weighted by Crippen LogP contribution is 2.27. The van der Waals surface area contributed by atoms with Gasteiger partial charge in [-0.3, -0.25) is 9.59 Å². The van der Waals surface area contributed by atoms with Gasteiger partial charge in [-0.2, -0.15) is 0 Å². The molecular formula is C14H16FNO3. The molecule has 2 rings (SSSR count). The Morgan fingerprint density at radius 3 is 2.68 bits per heavy atom. The molecule has 1 aromatic rings. The predicted octanol–water partition coefficient (Wildman–Crippen LogP) is 2.04. The molecule has 1 heterocycles. The van der Waals surface area contributed by atoms with Crippen LogP contribution < -0.4 is 0 Å². The Morgan fingerprint density at radius 2 is 2.11 bits per heavy atom. The average molecular weight is 265 g/mol. The van der Waals surface area contributed by atoms with Crippen LogP contribution in [0.15, 0.2) is 24.3 Å². The first-order valence-corrected chi connectivity index (χ1v) is 6.25. The van der Waals surface area contributed by atoms with Crippen molar-refractivity contribution in [1.82, 2.24) is 4.90 Å². The summed E-state index contributed by atoms with van der Waals surface area (Å²) in [6.07, 6.45) is 0.941. The van der Waals surface area contributed by atoms with Gasteiger partial charge in [0, 0.05) is 19.0 Å². The molecule has 0 aliphatic carbocycles. The van der Waals surface area contributed by atoms with Crippen LogP contribution in [0.5, 0.6) is 0 Å². The van der Waals surface area contributed by atoms with E-state index in [-0.39, 0.29) is 17.8 Å². The van der Waals surface area contributed by atoms with Crippen molar-refractivity contribution in [2.45, 2.75) is 32.4 Å². The summed E-state index contributed by atoms with van der Waals surface area (Å²) >= 11 is 0. The third-order valence-corrected chi connectivity index (χ3v) is 3.61. The van der Waals surface area contributed by atoms with Gasteiger partial charge in [-0.1, -0.05) is 12.1 Å². The van der Waals surface area contributed by atoms with E-state index in [0.717, 1.165) is 5.56 Å². The Balaban J connectivity index is 2.13. The van der Waals surface area contributed by atoms with Gasteiger partial charge < -0.3 is 10.0 Å². The van der Waals surface area contributed by atoms with Gasteiger partial charge >= 0.3 is 5.97 Å². The fourth-order valence-corrected chi connectivity index (χ4v) is 2.43. The molecule has 0 radical (unpaired) electrons. The molecule has 0 bridgehead atoms. The number of rotatable bonds is 4. The zero-order chi connectivity index (χ0) is 14.0. The second-order valence-electron chi connectivity index (χ2n) is 4.88. The molecule has 5 heteroatoms. The lowest BCUT2D eigenvalue weighted by Crippen LogP contribution is -2.39. The SMILES string of the molecule is CC(C(=O)O)C1CCC(=O)N1Cc1ccc(F)cc1. The standard InChI is InChI=1S/C14H16FNO3/c1-9(14(18)19)12-6-7-13(17)16(12)8-10-2-4-11(15)5-3-10/h2-5,9,12H,6-8H2,1H3,(H,18,19). The zero-order valence-electron chi connectivity index (χ0n) is 10.7. The van der Waals surface area contributed by atoms with E-state index in [1.165, 1.54) is 12.1 Å². The van der Waals surface area contributed by atoms with Gasteiger partial charge in [0.05, 0.1) is 5.92 Å². The van der Waals surface area contributed by atoms with Gasteiger partial charge in [-0.15, -0.1) is 0 Å². The molecular weight excluding hydrogens is 249 g/mol. The van der Waals surface area contributed by atoms with Crippen LogP contribution in [0, 0.1) is 11.7 Å². The van der Waals surface area contributed by atoms with Gasteiger partial charge in [0.15, 0.2) is 0 Å². The number of hydrogen-bond acceptors (Lipinski definition) is 2. The molecule has 0 saturated carbocycles. The molecule has 19 heavy (non-hydrogen) atoms. The molecule has 1 amide bonds. The first-order valence-electron chi connectivity index (χ1n) is 6.25. The fourth-order valence-electron chi connectivity index (χ4n) is 2.43. The summed E-state index contributed by atoms with van der Waals surface area (Å²) in [6.45, 7) is 1.95. The number of amides is 1. The minimum Gasteiger partial charge on any atom is -0.481 e. The van der Waals surface area contributed by atoms with E-state index in [9.17, 15) is 14.0 Å². The molecule has 2 unspecified atom stereocenters. The van der Waals surface area contributed by atoms with Crippen molar-refractivity contribution < 1.29 is 19.1 Å². The van der Waals surface area contributed by atoms with Gasteiger partial charge in [0.1, 0.15) is 5.82 Å². The number of carboxylic acids is 1. The van der Waals surface area contributed by atoms with E-state index in [4.69, 9.17) is 5.11 Å². The van der Waals surface area contributed by atoms with Crippen LogP contribution >= 0.6 is 0 Å². The quantitative estimate of drug-likeness (QED) is 0.906. The number of carbonyl (C=O) groups excluding carboxylic acids is 1. The number of halogens is 1. The van der Waals surface area contributed by atoms with E-state index >= 15 is 0 Å². The van der Waals surface area contributed by atoms with Crippen LogP contribution in [0.2, 0.25) is 0 Å². The van der Waals surface area contributed by atoms with Crippen LogP contribution in [0.4, 0.5) is 4.39 Å². The topological polar surface area (TPSA) is 57.6 Å². The summed E-state index contributed by atoms with van der Waals surface area (Å²) in [5, 5.41) is 9.06. The molecule has 1 aliphatic rings. The molecule has 4 nitrogen and oxygen atoms in total. The maximum atomic E-state index is 12.8. The minimum absolute atomic E-state index is 0.0394. The Labute approximate surface area is 110 Å². The second-order valence-corrected chi connectivity index (χ2v) is 4.88. The first-order chi connectivity index (χ1) is 8.99. The van der Waals surface area contributed by atoms with Crippen LogP contribution in [0.1, 0.15) is 25.3 Å². The van der Waals surface area contributed by atoms with Crippen LogP contribution in [0.3, 0.4) is 0 Å². The molecule has 102 valence electrons. The van der Waals surface area contributed by atoms with Crippen molar-refractivity contribution in [3.05, 3.63) is 35.6 Å². The Hall–Kier alpha value is -1.91. The van der Waals surface area contributed by atoms with Crippen LogP contribution in [-0.4, -0.2) is 27.9 Å². The number of likely N-dealkylation sites (tertiary alicyclic amines) is 1. The largest absolute Gasteiger partial charge is 0.481 e. The highest BCUT2D eigenvalue weighted by Gasteiger charge is 2.37. The van der Waals surface area contributed by atoms with Gasteiger partial charge in [-0.05, 0) is 31.0 Å². The molecule has 0 aromatic heterocycles. The lowest BCUT2D eigenvalue weighted by molar-refractivity contribution is -0.144. The summed E-state index contributed by atoms with van der Waals surface area (Å²) in [7, 11) is 0. The molecule has 1 fully saturated rings. The Kier molecular flexibility index (Phi) is 3.83. The number of hydrogen-bond donors (Lipinski definition) is 1. The number of benzene rings is 1. The van der Waals surface area contributed by atoms with Crippen molar-refractivity contribution in [2.24, 2.45) is 5.92 Å². The number of aliphatic carboxylic acids is 1. The molecule has 1 saturated heterocycles. The smallest absolute Gasteiger partial charge is 0.308 e. The van der Waals surface area contributed by atoms with E-state index in [1.807, 2.05) is 0 Å². The van der Waals surface area contributed by atoms with E-state index in [0.29, 0.717) is 19.4 Å². The summed E-state index contributed by atoms with van der Waals surface area (Å²) in [4.78, 5) is 24.5. The minimum atomic E-state index is -0.899. The Bertz CT molecular complexity index is 486. The second kappa shape index (κ2) is 5.38. The van der Waals surface area contributed by atoms with E-state index < -0.39 is 11.9 Å². The maximum Gasteiger partial charge on any atom is 0.308 e. The summed E-state index contributed by atoms with van der Waals surface area (Å²) in [6, 6.07) is 5.62. The van der Waals surface area contributed by atoms with Crippen molar-refractivity contribution >= 4 is 11.9 Å². The van der Waals surface area contributed by atoms with Crippen molar-refractivity contribution in [3.63, 3.8) is 0 Å². The predicted molar refractivity (Wildman–Crippen MR) is 66.8 cm³/mol. The van der Waals surface area contributed by atoms with Gasteiger partial charge in [-0.25, -0.2) is 4.39 Å². The van der Waals surface area contributed by atoms with Crippen LogP contribution in [0.25, 0.3) is 0 Å². The fraction of sp³-hybridized carbons (Fsp3) is 0.429. The van der Waals surface area contributed by atoms with Crippen molar-refractivity contribution in [1.29, 1.82) is 0 Å². The molecule has 1 aliphatic heterocycles. The highest BCUT2D eigenvalue weighted by atomic mass is 19.1. The first kappa shape index (κ1) is 13.5. The van der Waals surface area contributed by atoms with Crippen LogP contribution in [-0.2, 0) is 16.1 Å². The summed E-state index contributed by atoms with van der Waals surface area (Å²) < 4.78 is 12.8.